The van der Waals surface area contributed by atoms with Gasteiger partial charge in [0.1, 0.15) is 5.69 Å². The van der Waals surface area contributed by atoms with Crippen molar-refractivity contribution in [1.29, 1.82) is 0 Å². The minimum Gasteiger partial charge on any atom is -0.378 e. The Balaban J connectivity index is 2.10. The summed E-state index contributed by atoms with van der Waals surface area (Å²) in [6.07, 6.45) is 2.32. The zero-order chi connectivity index (χ0) is 14.8. The Labute approximate surface area is 123 Å². The number of benzene rings is 1. The fourth-order valence-electron chi connectivity index (χ4n) is 2.64. The first kappa shape index (κ1) is 15.1. The van der Waals surface area contributed by atoms with E-state index in [-0.39, 0.29) is 17.1 Å². The minimum atomic E-state index is -0.391. The minimum absolute atomic E-state index is 0.0583. The highest BCUT2D eigenvalue weighted by molar-refractivity contribution is 6.31. The molecule has 0 spiro atoms. The topological polar surface area (TPSA) is 67.2 Å². The lowest BCUT2D eigenvalue weighted by Crippen LogP contribution is -2.50. The number of anilines is 1. The Morgan fingerprint density at radius 1 is 1.55 bits per heavy atom. The van der Waals surface area contributed by atoms with Crippen molar-refractivity contribution in [2.24, 2.45) is 5.41 Å². The molecule has 1 fully saturated rings. The molecule has 0 aliphatic carbocycles. The molecular formula is C14H20ClN3O2. The van der Waals surface area contributed by atoms with Gasteiger partial charge in [-0.15, -0.1) is 0 Å². The van der Waals surface area contributed by atoms with Gasteiger partial charge in [-0.2, -0.15) is 0 Å². The molecule has 1 heterocycles. The van der Waals surface area contributed by atoms with E-state index < -0.39 is 4.92 Å². The number of hydrogen-bond donors (Lipinski definition) is 2. The molecule has 1 aromatic carbocycles. The fraction of sp³-hybridized carbons (Fsp3) is 0.571. The molecule has 0 aromatic heterocycles. The van der Waals surface area contributed by atoms with Crippen molar-refractivity contribution in [3.05, 3.63) is 33.3 Å². The van der Waals surface area contributed by atoms with Gasteiger partial charge in [0.15, 0.2) is 0 Å². The molecule has 1 aromatic rings. The van der Waals surface area contributed by atoms with Gasteiger partial charge in [0.25, 0.3) is 5.69 Å². The molecule has 2 rings (SSSR count). The second-order valence-corrected chi connectivity index (χ2v) is 6.33. The van der Waals surface area contributed by atoms with Gasteiger partial charge in [0, 0.05) is 23.7 Å². The van der Waals surface area contributed by atoms with Crippen molar-refractivity contribution in [2.45, 2.75) is 32.7 Å². The lowest BCUT2D eigenvalue weighted by atomic mass is 9.77. The molecule has 1 atom stereocenters. The average Bonchev–Trinajstić information content (AvgIpc) is 2.36. The summed E-state index contributed by atoms with van der Waals surface area (Å²) in [6.45, 7) is 6.08. The van der Waals surface area contributed by atoms with Crippen LogP contribution >= 0.6 is 11.6 Å². The number of halogens is 1. The van der Waals surface area contributed by atoms with Crippen LogP contribution in [-0.2, 0) is 0 Å². The van der Waals surface area contributed by atoms with E-state index in [0.29, 0.717) is 17.3 Å². The monoisotopic (exact) mass is 297 g/mol. The summed E-state index contributed by atoms with van der Waals surface area (Å²) in [4.78, 5) is 10.6. The Morgan fingerprint density at radius 2 is 2.30 bits per heavy atom. The first-order valence-electron chi connectivity index (χ1n) is 6.81. The van der Waals surface area contributed by atoms with E-state index in [1.807, 2.05) is 0 Å². The normalized spacial score (nSPS) is 21.4. The van der Waals surface area contributed by atoms with E-state index in [2.05, 4.69) is 24.5 Å². The molecule has 5 nitrogen and oxygen atoms in total. The van der Waals surface area contributed by atoms with Gasteiger partial charge in [-0.05, 0) is 36.9 Å². The largest absolute Gasteiger partial charge is 0.378 e. The second-order valence-electron chi connectivity index (χ2n) is 5.90. The van der Waals surface area contributed by atoms with Crippen LogP contribution in [0.1, 0.15) is 26.7 Å². The number of hydrogen-bond acceptors (Lipinski definition) is 4. The molecule has 0 radical (unpaired) electrons. The van der Waals surface area contributed by atoms with Gasteiger partial charge >= 0.3 is 0 Å². The number of nitrogens with zero attached hydrogens (tertiary/aromatic N) is 1. The van der Waals surface area contributed by atoms with Crippen molar-refractivity contribution < 1.29 is 4.92 Å². The highest BCUT2D eigenvalue weighted by atomic mass is 35.5. The van der Waals surface area contributed by atoms with E-state index >= 15 is 0 Å². The van der Waals surface area contributed by atoms with E-state index in [1.54, 1.807) is 6.07 Å². The van der Waals surface area contributed by atoms with E-state index in [9.17, 15) is 10.1 Å². The lowest BCUT2D eigenvalue weighted by molar-refractivity contribution is -0.384. The SMILES string of the molecule is CC1(C)CCCNC1CNc1cc(Cl)ccc1[N+](=O)[O-]. The first-order valence-corrected chi connectivity index (χ1v) is 7.19. The molecule has 20 heavy (non-hydrogen) atoms. The Kier molecular flexibility index (Phi) is 4.50. The average molecular weight is 298 g/mol. The number of piperidine rings is 1. The van der Waals surface area contributed by atoms with Crippen LogP contribution in [0.15, 0.2) is 18.2 Å². The molecule has 0 bridgehead atoms. The Hall–Kier alpha value is -1.33. The molecule has 1 aliphatic heterocycles. The molecule has 6 heteroatoms. The summed E-state index contributed by atoms with van der Waals surface area (Å²) < 4.78 is 0. The van der Waals surface area contributed by atoms with Gasteiger partial charge in [0.05, 0.1) is 4.92 Å². The van der Waals surface area contributed by atoms with Gasteiger partial charge in [-0.3, -0.25) is 10.1 Å². The quantitative estimate of drug-likeness (QED) is 0.660. The second kappa shape index (κ2) is 5.97. The van der Waals surface area contributed by atoms with Crippen LogP contribution in [0.2, 0.25) is 5.02 Å². The molecule has 1 unspecified atom stereocenters. The third-order valence-corrected chi connectivity index (χ3v) is 4.22. The highest BCUT2D eigenvalue weighted by Gasteiger charge is 2.32. The Morgan fingerprint density at radius 3 is 2.95 bits per heavy atom. The third-order valence-electron chi connectivity index (χ3n) is 3.98. The van der Waals surface area contributed by atoms with Crippen LogP contribution in [-0.4, -0.2) is 24.1 Å². The Bertz CT molecular complexity index is 505. The van der Waals surface area contributed by atoms with E-state index in [0.717, 1.165) is 13.0 Å². The van der Waals surface area contributed by atoms with Crippen molar-refractivity contribution in [3.8, 4) is 0 Å². The predicted octanol–water partition coefficient (Wildman–Crippen LogP) is 3.44. The van der Waals surface area contributed by atoms with Crippen LogP contribution in [0.25, 0.3) is 0 Å². The fourth-order valence-corrected chi connectivity index (χ4v) is 2.81. The van der Waals surface area contributed by atoms with Gasteiger partial charge < -0.3 is 10.6 Å². The van der Waals surface area contributed by atoms with Crippen LogP contribution in [0.4, 0.5) is 11.4 Å². The molecule has 0 saturated carbocycles. The summed E-state index contributed by atoms with van der Waals surface area (Å²) in [6, 6.07) is 4.86. The predicted molar refractivity (Wildman–Crippen MR) is 81.4 cm³/mol. The van der Waals surface area contributed by atoms with E-state index in [1.165, 1.54) is 18.6 Å². The van der Waals surface area contributed by atoms with E-state index in [4.69, 9.17) is 11.6 Å². The third kappa shape index (κ3) is 3.41. The molecule has 1 saturated heterocycles. The molecule has 110 valence electrons. The number of nitro benzene ring substituents is 1. The zero-order valence-electron chi connectivity index (χ0n) is 11.8. The van der Waals surface area contributed by atoms with Crippen molar-refractivity contribution in [3.63, 3.8) is 0 Å². The number of rotatable bonds is 4. The van der Waals surface area contributed by atoms with Crippen LogP contribution < -0.4 is 10.6 Å². The van der Waals surface area contributed by atoms with Gasteiger partial charge in [-0.25, -0.2) is 0 Å². The van der Waals surface area contributed by atoms with Crippen molar-refractivity contribution >= 4 is 23.0 Å². The maximum absolute atomic E-state index is 11.0. The maximum atomic E-state index is 11.0. The molecule has 0 amide bonds. The molecule has 1 aliphatic rings. The summed E-state index contributed by atoms with van der Waals surface area (Å²) >= 11 is 5.92. The van der Waals surface area contributed by atoms with Crippen LogP contribution in [0, 0.1) is 15.5 Å². The smallest absolute Gasteiger partial charge is 0.292 e. The van der Waals surface area contributed by atoms with Crippen LogP contribution in [0.5, 0.6) is 0 Å². The number of nitro groups is 1. The van der Waals surface area contributed by atoms with Crippen molar-refractivity contribution in [1.82, 2.24) is 5.32 Å². The lowest BCUT2D eigenvalue weighted by Gasteiger charge is -2.39. The summed E-state index contributed by atoms with van der Waals surface area (Å²) in [5.74, 6) is 0. The summed E-state index contributed by atoms with van der Waals surface area (Å²) in [5.41, 5.74) is 0.715. The van der Waals surface area contributed by atoms with Gasteiger partial charge in [-0.1, -0.05) is 25.4 Å². The highest BCUT2D eigenvalue weighted by Crippen LogP contribution is 2.32. The van der Waals surface area contributed by atoms with Gasteiger partial charge in [0.2, 0.25) is 0 Å². The zero-order valence-corrected chi connectivity index (χ0v) is 12.5. The molecular weight excluding hydrogens is 278 g/mol. The number of nitrogens with one attached hydrogen (secondary N) is 2. The standard InChI is InChI=1S/C14H20ClN3O2/c1-14(2)6-3-7-16-13(14)9-17-11-8-10(15)4-5-12(11)18(19)20/h4-5,8,13,16-17H,3,6-7,9H2,1-2H3. The maximum Gasteiger partial charge on any atom is 0.292 e. The van der Waals surface area contributed by atoms with Crippen LogP contribution in [0.3, 0.4) is 0 Å². The molecule has 2 N–H and O–H groups in total. The summed E-state index contributed by atoms with van der Waals surface area (Å²) in [5, 5.41) is 18.2. The first-order chi connectivity index (χ1) is 9.40. The van der Waals surface area contributed by atoms with Crippen molar-refractivity contribution in [2.75, 3.05) is 18.4 Å². The summed E-state index contributed by atoms with van der Waals surface area (Å²) in [7, 11) is 0.